The Hall–Kier alpha value is -3.30. The molecule has 144 valence electrons. The summed E-state index contributed by atoms with van der Waals surface area (Å²) in [5.74, 6) is -0.407. The van der Waals surface area contributed by atoms with Gasteiger partial charge in [-0.3, -0.25) is 19.3 Å². The molecule has 0 unspecified atom stereocenters. The van der Waals surface area contributed by atoms with E-state index in [1.54, 1.807) is 25.1 Å². The fraction of sp³-hybridized carbons (Fsp3) is 0.412. The van der Waals surface area contributed by atoms with Crippen LogP contribution in [0.5, 0.6) is 11.5 Å². The maximum Gasteiger partial charge on any atom is 0.325 e. The van der Waals surface area contributed by atoms with E-state index in [2.05, 4.69) is 10.6 Å². The van der Waals surface area contributed by atoms with E-state index < -0.39 is 29.9 Å². The molecule has 1 aromatic rings. The molecule has 2 aliphatic heterocycles. The summed E-state index contributed by atoms with van der Waals surface area (Å²) < 4.78 is 10.6. The summed E-state index contributed by atoms with van der Waals surface area (Å²) in [4.78, 5) is 50.9. The van der Waals surface area contributed by atoms with Gasteiger partial charge in [0.1, 0.15) is 12.1 Å². The SMILES string of the molecule is CNC(=O)CN(C)C(=O)CN1C(=O)N[C@@](C)(c2ccc3c(c2)OCO3)C1=O. The Kier molecular flexibility index (Phi) is 4.64. The fourth-order valence-electron chi connectivity index (χ4n) is 2.88. The Labute approximate surface area is 155 Å². The predicted octanol–water partition coefficient (Wildman–Crippen LogP) is -0.613. The van der Waals surface area contributed by atoms with Gasteiger partial charge in [0.15, 0.2) is 11.5 Å². The second-order valence-corrected chi connectivity index (χ2v) is 6.44. The van der Waals surface area contributed by atoms with Crippen LogP contribution in [-0.4, -0.2) is 67.5 Å². The fourth-order valence-corrected chi connectivity index (χ4v) is 2.88. The first-order valence-electron chi connectivity index (χ1n) is 8.25. The molecule has 5 amide bonds. The molecule has 2 heterocycles. The quantitative estimate of drug-likeness (QED) is 0.662. The molecule has 0 aromatic heterocycles. The molecule has 0 aliphatic carbocycles. The van der Waals surface area contributed by atoms with Crippen molar-refractivity contribution >= 4 is 23.8 Å². The zero-order valence-corrected chi connectivity index (χ0v) is 15.2. The molecule has 2 aliphatic rings. The highest BCUT2D eigenvalue weighted by molar-refractivity contribution is 6.09. The van der Waals surface area contributed by atoms with Crippen molar-refractivity contribution in [2.24, 2.45) is 0 Å². The second-order valence-electron chi connectivity index (χ2n) is 6.44. The zero-order chi connectivity index (χ0) is 19.8. The van der Waals surface area contributed by atoms with Crippen LogP contribution in [0.4, 0.5) is 4.79 Å². The summed E-state index contributed by atoms with van der Waals surface area (Å²) in [7, 11) is 2.88. The van der Waals surface area contributed by atoms with Crippen molar-refractivity contribution in [3.05, 3.63) is 23.8 Å². The minimum Gasteiger partial charge on any atom is -0.454 e. The molecule has 1 saturated heterocycles. The number of fused-ring (bicyclic) bond motifs is 1. The van der Waals surface area contributed by atoms with Crippen LogP contribution in [-0.2, 0) is 19.9 Å². The predicted molar refractivity (Wildman–Crippen MR) is 91.9 cm³/mol. The summed E-state index contributed by atoms with van der Waals surface area (Å²) in [5.41, 5.74) is -0.823. The van der Waals surface area contributed by atoms with Gasteiger partial charge in [-0.1, -0.05) is 6.07 Å². The Bertz CT molecular complexity index is 826. The first-order chi connectivity index (χ1) is 12.8. The summed E-state index contributed by atoms with van der Waals surface area (Å²) in [6, 6.07) is 4.27. The number of urea groups is 1. The van der Waals surface area contributed by atoms with Gasteiger partial charge in [0.05, 0.1) is 6.54 Å². The lowest BCUT2D eigenvalue weighted by atomic mass is 9.91. The molecular weight excluding hydrogens is 356 g/mol. The zero-order valence-electron chi connectivity index (χ0n) is 15.2. The highest BCUT2D eigenvalue weighted by Crippen LogP contribution is 2.37. The minimum atomic E-state index is -1.34. The van der Waals surface area contributed by atoms with Gasteiger partial charge >= 0.3 is 6.03 Å². The number of benzene rings is 1. The third-order valence-corrected chi connectivity index (χ3v) is 4.60. The Morgan fingerprint density at radius 1 is 1.30 bits per heavy atom. The molecule has 2 N–H and O–H groups in total. The number of nitrogens with one attached hydrogen (secondary N) is 2. The minimum absolute atomic E-state index is 0.0914. The lowest BCUT2D eigenvalue weighted by molar-refractivity contribution is -0.139. The smallest absolute Gasteiger partial charge is 0.325 e. The molecule has 1 fully saturated rings. The number of nitrogens with zero attached hydrogens (tertiary/aromatic N) is 2. The molecule has 1 atom stereocenters. The van der Waals surface area contributed by atoms with Crippen LogP contribution in [0.3, 0.4) is 0 Å². The van der Waals surface area contributed by atoms with Gasteiger partial charge in [0, 0.05) is 14.1 Å². The topological polar surface area (TPSA) is 117 Å². The van der Waals surface area contributed by atoms with E-state index in [-0.39, 0.29) is 19.2 Å². The van der Waals surface area contributed by atoms with E-state index in [0.29, 0.717) is 17.1 Å². The average molecular weight is 376 g/mol. The summed E-state index contributed by atoms with van der Waals surface area (Å²) in [6.07, 6.45) is 0. The third kappa shape index (κ3) is 3.25. The number of amides is 5. The second kappa shape index (κ2) is 6.78. The maximum atomic E-state index is 12.9. The van der Waals surface area contributed by atoms with Gasteiger partial charge in [-0.25, -0.2) is 4.79 Å². The van der Waals surface area contributed by atoms with E-state index >= 15 is 0 Å². The molecule has 1 aromatic carbocycles. The van der Waals surface area contributed by atoms with Crippen molar-refractivity contribution in [2.45, 2.75) is 12.5 Å². The van der Waals surface area contributed by atoms with Crippen LogP contribution in [0, 0.1) is 0 Å². The number of hydrogen-bond acceptors (Lipinski definition) is 6. The van der Waals surface area contributed by atoms with Gasteiger partial charge in [-0.2, -0.15) is 0 Å². The first kappa shape index (κ1) is 18.5. The van der Waals surface area contributed by atoms with Gasteiger partial charge in [-0.15, -0.1) is 0 Å². The average Bonchev–Trinajstić information content (AvgIpc) is 3.19. The standard InChI is InChI=1S/C17H20N4O6/c1-17(10-4-5-11-12(6-10)27-9-26-11)15(24)21(16(25)19-17)8-14(23)20(3)7-13(22)18-2/h4-6H,7-9H2,1-3H3,(H,18,22)(H,19,25)/t17-/m0/s1. The van der Waals surface area contributed by atoms with Crippen LogP contribution in [0.25, 0.3) is 0 Å². The summed E-state index contributed by atoms with van der Waals surface area (Å²) in [5, 5.41) is 5.03. The Morgan fingerprint density at radius 3 is 2.70 bits per heavy atom. The first-order valence-corrected chi connectivity index (χ1v) is 8.25. The van der Waals surface area contributed by atoms with Crippen molar-refractivity contribution in [3.8, 4) is 11.5 Å². The van der Waals surface area contributed by atoms with E-state index in [4.69, 9.17) is 9.47 Å². The van der Waals surface area contributed by atoms with Crippen LogP contribution in [0.2, 0.25) is 0 Å². The van der Waals surface area contributed by atoms with Crippen molar-refractivity contribution in [2.75, 3.05) is 34.0 Å². The number of carbonyl (C=O) groups excluding carboxylic acids is 4. The summed E-state index contributed by atoms with van der Waals surface area (Å²) >= 11 is 0. The summed E-state index contributed by atoms with van der Waals surface area (Å²) in [6.45, 7) is 1.02. The number of ether oxygens (including phenoxy) is 2. The highest BCUT2D eigenvalue weighted by atomic mass is 16.7. The number of imide groups is 1. The molecular formula is C17H20N4O6. The van der Waals surface area contributed by atoms with Crippen LogP contribution >= 0.6 is 0 Å². The van der Waals surface area contributed by atoms with Crippen molar-refractivity contribution in [1.29, 1.82) is 0 Å². The van der Waals surface area contributed by atoms with Gasteiger partial charge in [0.2, 0.25) is 18.6 Å². The molecule has 27 heavy (non-hydrogen) atoms. The van der Waals surface area contributed by atoms with Crippen molar-refractivity contribution in [3.63, 3.8) is 0 Å². The molecule has 0 spiro atoms. The van der Waals surface area contributed by atoms with E-state index in [0.717, 1.165) is 9.80 Å². The maximum absolute atomic E-state index is 12.9. The molecule has 0 bridgehead atoms. The molecule has 3 rings (SSSR count). The number of likely N-dealkylation sites (N-methyl/N-ethyl adjacent to an activating group) is 2. The molecule has 0 saturated carbocycles. The monoisotopic (exact) mass is 376 g/mol. The number of carbonyl (C=O) groups is 4. The number of hydrogen-bond donors (Lipinski definition) is 2. The highest BCUT2D eigenvalue weighted by Gasteiger charge is 2.50. The van der Waals surface area contributed by atoms with Crippen LogP contribution < -0.4 is 20.1 Å². The van der Waals surface area contributed by atoms with Crippen LogP contribution in [0.15, 0.2) is 18.2 Å². The third-order valence-electron chi connectivity index (χ3n) is 4.60. The largest absolute Gasteiger partial charge is 0.454 e. The molecule has 10 heteroatoms. The number of rotatable bonds is 5. The normalized spacial score (nSPS) is 20.5. The lowest BCUT2D eigenvalue weighted by Crippen LogP contribution is -2.45. The van der Waals surface area contributed by atoms with E-state index in [9.17, 15) is 19.2 Å². The van der Waals surface area contributed by atoms with Crippen LogP contribution in [0.1, 0.15) is 12.5 Å². The molecule has 0 radical (unpaired) electrons. The Morgan fingerprint density at radius 2 is 2.00 bits per heavy atom. The van der Waals surface area contributed by atoms with Gasteiger partial charge in [0.25, 0.3) is 5.91 Å². The Balaban J connectivity index is 1.76. The van der Waals surface area contributed by atoms with Crippen molar-refractivity contribution in [1.82, 2.24) is 20.4 Å². The van der Waals surface area contributed by atoms with Gasteiger partial charge in [-0.05, 0) is 24.6 Å². The van der Waals surface area contributed by atoms with Crippen molar-refractivity contribution < 1.29 is 28.7 Å². The van der Waals surface area contributed by atoms with E-state index in [1.165, 1.54) is 14.1 Å². The lowest BCUT2D eigenvalue weighted by Gasteiger charge is -2.23. The van der Waals surface area contributed by atoms with E-state index in [1.807, 2.05) is 0 Å². The van der Waals surface area contributed by atoms with Gasteiger partial charge < -0.3 is 25.0 Å². The molecule has 10 nitrogen and oxygen atoms in total.